The van der Waals surface area contributed by atoms with Gasteiger partial charge in [0, 0.05) is 15.8 Å². The summed E-state index contributed by atoms with van der Waals surface area (Å²) in [5.74, 6) is 0.163. The Balaban J connectivity index is 1.88. The van der Waals surface area contributed by atoms with E-state index in [1.807, 2.05) is 54.1 Å². The molecule has 0 unspecified atom stereocenters. The minimum Gasteiger partial charge on any atom is -0.494 e. The van der Waals surface area contributed by atoms with Gasteiger partial charge in [-0.25, -0.2) is 4.79 Å². The Hall–Kier alpha value is -2.64. The molecule has 2 heterocycles. The molecule has 0 aliphatic rings. The number of ether oxygens (including phenoxy) is 2. The Morgan fingerprint density at radius 3 is 2.46 bits per heavy atom. The van der Waals surface area contributed by atoms with Crippen LogP contribution in [0.4, 0.5) is 5.00 Å². The van der Waals surface area contributed by atoms with Gasteiger partial charge < -0.3 is 14.8 Å². The topological polar surface area (TPSA) is 64.6 Å². The van der Waals surface area contributed by atoms with Crippen LogP contribution in [-0.4, -0.2) is 25.1 Å². The van der Waals surface area contributed by atoms with E-state index in [1.165, 1.54) is 22.7 Å². The number of benzene rings is 1. The number of hydrogen-bond donors (Lipinski definition) is 1. The number of thiophene rings is 2. The molecule has 0 fully saturated rings. The number of hydrogen-bond acceptors (Lipinski definition) is 6. The Kier molecular flexibility index (Phi) is 6.84. The quantitative estimate of drug-likeness (QED) is 0.512. The first-order chi connectivity index (χ1) is 13.6. The largest absolute Gasteiger partial charge is 0.494 e. The average molecular weight is 416 g/mol. The fourth-order valence-corrected chi connectivity index (χ4v) is 4.38. The van der Waals surface area contributed by atoms with E-state index in [4.69, 9.17) is 9.47 Å². The number of nitrogens with one attached hydrogen (secondary N) is 1. The molecule has 0 bridgehead atoms. The highest BCUT2D eigenvalue weighted by molar-refractivity contribution is 7.15. The van der Waals surface area contributed by atoms with Crippen molar-refractivity contribution in [3.8, 4) is 16.9 Å². The molecule has 0 saturated carbocycles. The zero-order valence-corrected chi connectivity index (χ0v) is 17.3. The maximum absolute atomic E-state index is 12.6. The monoisotopic (exact) mass is 415 g/mol. The molecule has 28 heavy (non-hydrogen) atoms. The van der Waals surface area contributed by atoms with Crippen molar-refractivity contribution >= 4 is 39.6 Å². The van der Waals surface area contributed by atoms with Gasteiger partial charge in [-0.3, -0.25) is 4.79 Å². The summed E-state index contributed by atoms with van der Waals surface area (Å²) in [5, 5.41) is 7.17. The summed E-state index contributed by atoms with van der Waals surface area (Å²) in [4.78, 5) is 26.0. The lowest BCUT2D eigenvalue weighted by molar-refractivity contribution is -0.115. The molecule has 0 radical (unpaired) electrons. The molecule has 0 saturated heterocycles. The van der Waals surface area contributed by atoms with Crippen molar-refractivity contribution in [2.24, 2.45) is 0 Å². The van der Waals surface area contributed by atoms with Gasteiger partial charge in [0.15, 0.2) is 0 Å². The molecule has 146 valence electrons. The third-order valence-corrected chi connectivity index (χ3v) is 5.69. The molecule has 1 N–H and O–H groups in total. The highest BCUT2D eigenvalue weighted by Gasteiger charge is 2.23. The normalized spacial score (nSPS) is 10.5. The molecule has 5 nitrogen and oxygen atoms in total. The maximum atomic E-state index is 12.6. The second-order valence-corrected chi connectivity index (χ2v) is 7.75. The van der Waals surface area contributed by atoms with Crippen LogP contribution in [0.5, 0.6) is 5.75 Å². The number of amides is 1. The Labute approximate surface area is 171 Å². The zero-order valence-electron chi connectivity index (χ0n) is 15.7. The lowest BCUT2D eigenvalue weighted by Crippen LogP contribution is -2.16. The van der Waals surface area contributed by atoms with Crippen LogP contribution < -0.4 is 10.1 Å². The number of anilines is 1. The summed E-state index contributed by atoms with van der Waals surface area (Å²) in [7, 11) is 0. The maximum Gasteiger partial charge on any atom is 0.341 e. The van der Waals surface area contributed by atoms with E-state index < -0.39 is 5.97 Å². The molecule has 3 aromatic rings. The standard InChI is InChI=1S/C21H21NO4S2/c1-3-25-15-9-7-14(8-10-15)17-13-28-20(19(17)21(24)26-4-2)22-18(23)12-16-6-5-11-27-16/h5-11,13H,3-4,12H2,1-2H3,(H,22,23). The Morgan fingerprint density at radius 1 is 1.04 bits per heavy atom. The minimum atomic E-state index is -0.445. The predicted octanol–water partition coefficient (Wildman–Crippen LogP) is 5.23. The third kappa shape index (κ3) is 4.79. The van der Waals surface area contributed by atoms with Crippen LogP contribution in [0.1, 0.15) is 29.1 Å². The number of esters is 1. The zero-order chi connectivity index (χ0) is 19.9. The number of carbonyl (C=O) groups excluding carboxylic acids is 2. The molecule has 1 aromatic carbocycles. The fourth-order valence-electron chi connectivity index (χ4n) is 2.71. The smallest absolute Gasteiger partial charge is 0.341 e. The van der Waals surface area contributed by atoms with Gasteiger partial charge >= 0.3 is 5.97 Å². The van der Waals surface area contributed by atoms with Crippen molar-refractivity contribution in [1.29, 1.82) is 0 Å². The van der Waals surface area contributed by atoms with E-state index in [0.29, 0.717) is 17.2 Å². The summed E-state index contributed by atoms with van der Waals surface area (Å²) in [5.41, 5.74) is 1.98. The Bertz CT molecular complexity index is 930. The lowest BCUT2D eigenvalue weighted by Gasteiger charge is -2.09. The molecular formula is C21H21NO4S2. The van der Waals surface area contributed by atoms with E-state index in [2.05, 4.69) is 5.32 Å². The molecular weight excluding hydrogens is 394 g/mol. The summed E-state index contributed by atoms with van der Waals surface area (Å²) in [6.07, 6.45) is 0.274. The molecule has 0 spiro atoms. The first-order valence-electron chi connectivity index (χ1n) is 8.96. The minimum absolute atomic E-state index is 0.159. The van der Waals surface area contributed by atoms with Crippen molar-refractivity contribution < 1.29 is 19.1 Å². The summed E-state index contributed by atoms with van der Waals surface area (Å²) in [6, 6.07) is 11.3. The summed E-state index contributed by atoms with van der Waals surface area (Å²) in [6.45, 7) is 4.54. The van der Waals surface area contributed by atoms with Gasteiger partial charge in [-0.05, 0) is 43.0 Å². The van der Waals surface area contributed by atoms with E-state index in [-0.39, 0.29) is 18.9 Å². The first-order valence-corrected chi connectivity index (χ1v) is 10.7. The van der Waals surface area contributed by atoms with Crippen molar-refractivity contribution in [2.45, 2.75) is 20.3 Å². The van der Waals surface area contributed by atoms with Gasteiger partial charge in [-0.15, -0.1) is 22.7 Å². The molecule has 0 atom stereocenters. The predicted molar refractivity (Wildman–Crippen MR) is 114 cm³/mol. The van der Waals surface area contributed by atoms with Crippen LogP contribution in [0.15, 0.2) is 47.2 Å². The van der Waals surface area contributed by atoms with Gasteiger partial charge in [0.1, 0.15) is 16.3 Å². The van der Waals surface area contributed by atoms with Crippen molar-refractivity contribution in [1.82, 2.24) is 0 Å². The summed E-state index contributed by atoms with van der Waals surface area (Å²) < 4.78 is 10.7. The molecule has 3 rings (SSSR count). The molecule has 1 amide bonds. The molecule has 0 aliphatic carbocycles. The summed E-state index contributed by atoms with van der Waals surface area (Å²) >= 11 is 2.85. The van der Waals surface area contributed by atoms with Crippen LogP contribution in [0.2, 0.25) is 0 Å². The van der Waals surface area contributed by atoms with Gasteiger partial charge in [-0.2, -0.15) is 0 Å². The van der Waals surface area contributed by atoms with Crippen LogP contribution in [-0.2, 0) is 16.0 Å². The van der Waals surface area contributed by atoms with Gasteiger partial charge in [-0.1, -0.05) is 18.2 Å². The second-order valence-electron chi connectivity index (χ2n) is 5.84. The average Bonchev–Trinajstić information content (AvgIpc) is 3.33. The van der Waals surface area contributed by atoms with E-state index >= 15 is 0 Å². The molecule has 0 aliphatic heterocycles. The van der Waals surface area contributed by atoms with Gasteiger partial charge in [0.2, 0.25) is 5.91 Å². The first kappa shape index (κ1) is 20.1. The highest BCUT2D eigenvalue weighted by atomic mass is 32.1. The number of rotatable bonds is 8. The Morgan fingerprint density at radius 2 is 1.82 bits per heavy atom. The van der Waals surface area contributed by atoms with Crippen LogP contribution in [0, 0.1) is 0 Å². The van der Waals surface area contributed by atoms with E-state index in [0.717, 1.165) is 21.8 Å². The lowest BCUT2D eigenvalue weighted by atomic mass is 10.0. The van der Waals surface area contributed by atoms with Crippen molar-refractivity contribution in [3.63, 3.8) is 0 Å². The van der Waals surface area contributed by atoms with Crippen LogP contribution in [0.25, 0.3) is 11.1 Å². The third-order valence-electron chi connectivity index (χ3n) is 3.91. The van der Waals surface area contributed by atoms with Crippen molar-refractivity contribution in [2.75, 3.05) is 18.5 Å². The van der Waals surface area contributed by atoms with Crippen LogP contribution >= 0.6 is 22.7 Å². The SMILES string of the molecule is CCOC(=O)c1c(-c2ccc(OCC)cc2)csc1NC(=O)Cc1cccs1. The molecule has 2 aromatic heterocycles. The van der Waals surface area contributed by atoms with Crippen LogP contribution in [0.3, 0.4) is 0 Å². The fraction of sp³-hybridized carbons (Fsp3) is 0.238. The van der Waals surface area contributed by atoms with E-state index in [9.17, 15) is 9.59 Å². The highest BCUT2D eigenvalue weighted by Crippen LogP contribution is 2.37. The van der Waals surface area contributed by atoms with Gasteiger partial charge in [0.05, 0.1) is 19.6 Å². The molecule has 7 heteroatoms. The van der Waals surface area contributed by atoms with E-state index in [1.54, 1.807) is 6.92 Å². The number of carbonyl (C=O) groups is 2. The van der Waals surface area contributed by atoms with Gasteiger partial charge in [0.25, 0.3) is 0 Å². The van der Waals surface area contributed by atoms with Crippen molar-refractivity contribution in [3.05, 3.63) is 57.6 Å². The second kappa shape index (κ2) is 9.52.